The lowest BCUT2D eigenvalue weighted by Gasteiger charge is -2.34. The number of pyridine rings is 1. The molecule has 0 bridgehead atoms. The standard InChI is InChI=1S/C26H30F3N7O2/c27-26(28,29)25-32-14-17(15-33-25)22(35-10-12-38-13-11-35)16-31-24(37)20-2-1-3-21-19(20)4-5-23(34-21)36-8-6-18(30)7-9-36/h1-5,14-15,18,22H,6-13,16,30H2,(H,31,37). The van der Waals surface area contributed by atoms with Gasteiger partial charge in [-0.25, -0.2) is 15.0 Å². The van der Waals surface area contributed by atoms with Crippen molar-refractivity contribution in [2.75, 3.05) is 50.8 Å². The third-order valence-electron chi connectivity index (χ3n) is 7.08. The lowest BCUT2D eigenvalue weighted by Crippen LogP contribution is -2.44. The average Bonchev–Trinajstić information content (AvgIpc) is 2.93. The molecule has 5 rings (SSSR count). The summed E-state index contributed by atoms with van der Waals surface area (Å²) in [5, 5.41) is 3.69. The molecule has 2 aromatic heterocycles. The summed E-state index contributed by atoms with van der Waals surface area (Å²) in [4.78, 5) is 29.4. The van der Waals surface area contributed by atoms with Crippen molar-refractivity contribution in [3.63, 3.8) is 0 Å². The fourth-order valence-corrected chi connectivity index (χ4v) is 4.93. The molecule has 12 heteroatoms. The number of rotatable bonds is 6. The van der Waals surface area contributed by atoms with Crippen LogP contribution in [-0.2, 0) is 10.9 Å². The first-order chi connectivity index (χ1) is 18.3. The van der Waals surface area contributed by atoms with E-state index in [4.69, 9.17) is 15.5 Å². The van der Waals surface area contributed by atoms with Crippen LogP contribution in [0.1, 0.15) is 40.6 Å². The molecule has 0 saturated carbocycles. The van der Waals surface area contributed by atoms with Crippen molar-refractivity contribution in [2.45, 2.75) is 31.1 Å². The van der Waals surface area contributed by atoms with Crippen molar-refractivity contribution >= 4 is 22.6 Å². The first-order valence-electron chi connectivity index (χ1n) is 12.7. The molecule has 2 aliphatic heterocycles. The van der Waals surface area contributed by atoms with Crippen LogP contribution in [0.3, 0.4) is 0 Å². The number of carbonyl (C=O) groups is 1. The predicted octanol–water partition coefficient (Wildman–Crippen LogP) is 2.77. The minimum Gasteiger partial charge on any atom is -0.379 e. The molecule has 202 valence electrons. The molecule has 1 unspecified atom stereocenters. The van der Waals surface area contributed by atoms with Crippen LogP contribution >= 0.6 is 0 Å². The van der Waals surface area contributed by atoms with Crippen LogP contribution in [0.4, 0.5) is 19.0 Å². The fourth-order valence-electron chi connectivity index (χ4n) is 4.93. The van der Waals surface area contributed by atoms with Crippen LogP contribution in [0.25, 0.3) is 10.9 Å². The van der Waals surface area contributed by atoms with Crippen LogP contribution in [0, 0.1) is 0 Å². The molecule has 1 amide bonds. The Hall–Kier alpha value is -3.35. The van der Waals surface area contributed by atoms with E-state index in [9.17, 15) is 18.0 Å². The van der Waals surface area contributed by atoms with Gasteiger partial charge in [-0.1, -0.05) is 6.07 Å². The Labute approximate surface area is 218 Å². The number of piperidine rings is 1. The van der Waals surface area contributed by atoms with Crippen molar-refractivity contribution in [3.05, 3.63) is 59.7 Å². The number of morpholine rings is 1. The number of anilines is 1. The molecule has 1 aromatic carbocycles. The van der Waals surface area contributed by atoms with Gasteiger partial charge in [-0.2, -0.15) is 13.2 Å². The Kier molecular flexibility index (Phi) is 7.73. The van der Waals surface area contributed by atoms with E-state index in [2.05, 4.69) is 25.1 Å². The highest BCUT2D eigenvalue weighted by Crippen LogP contribution is 2.28. The maximum absolute atomic E-state index is 13.3. The van der Waals surface area contributed by atoms with Gasteiger partial charge in [0, 0.05) is 67.7 Å². The highest BCUT2D eigenvalue weighted by atomic mass is 19.4. The highest BCUT2D eigenvalue weighted by Gasteiger charge is 2.35. The second-order valence-electron chi connectivity index (χ2n) is 9.58. The van der Waals surface area contributed by atoms with Crippen molar-refractivity contribution in [3.8, 4) is 0 Å². The van der Waals surface area contributed by atoms with E-state index >= 15 is 0 Å². The fraction of sp³-hybridized carbons (Fsp3) is 0.462. The summed E-state index contributed by atoms with van der Waals surface area (Å²) < 4.78 is 44.3. The molecule has 2 saturated heterocycles. The summed E-state index contributed by atoms with van der Waals surface area (Å²) >= 11 is 0. The second-order valence-corrected chi connectivity index (χ2v) is 9.58. The molecule has 3 N–H and O–H groups in total. The van der Waals surface area contributed by atoms with Crippen LogP contribution in [0.2, 0.25) is 0 Å². The highest BCUT2D eigenvalue weighted by molar-refractivity contribution is 6.06. The van der Waals surface area contributed by atoms with Gasteiger partial charge in [0.25, 0.3) is 5.91 Å². The number of amides is 1. The quantitative estimate of drug-likeness (QED) is 0.502. The number of hydrogen-bond donors (Lipinski definition) is 2. The maximum atomic E-state index is 13.3. The van der Waals surface area contributed by atoms with E-state index in [0.717, 1.165) is 37.1 Å². The van der Waals surface area contributed by atoms with E-state index in [1.165, 1.54) is 12.4 Å². The molecule has 0 aliphatic carbocycles. The summed E-state index contributed by atoms with van der Waals surface area (Å²) in [5.74, 6) is -0.627. The van der Waals surface area contributed by atoms with E-state index in [-0.39, 0.29) is 18.5 Å². The first kappa shape index (κ1) is 26.3. The minimum atomic E-state index is -4.62. The topological polar surface area (TPSA) is 110 Å². The van der Waals surface area contributed by atoms with E-state index in [0.29, 0.717) is 42.9 Å². The zero-order valence-corrected chi connectivity index (χ0v) is 20.8. The maximum Gasteiger partial charge on any atom is 0.451 e. The van der Waals surface area contributed by atoms with Crippen molar-refractivity contribution in [2.24, 2.45) is 5.73 Å². The monoisotopic (exact) mass is 529 g/mol. The van der Waals surface area contributed by atoms with Gasteiger partial charge < -0.3 is 20.7 Å². The number of fused-ring (bicyclic) bond motifs is 1. The van der Waals surface area contributed by atoms with Gasteiger partial charge in [-0.05, 0) is 37.1 Å². The van der Waals surface area contributed by atoms with Crippen LogP contribution in [-0.4, -0.2) is 77.7 Å². The van der Waals surface area contributed by atoms with Crippen LogP contribution < -0.4 is 16.0 Å². The molecule has 3 aromatic rings. The smallest absolute Gasteiger partial charge is 0.379 e. The lowest BCUT2D eigenvalue weighted by atomic mass is 10.0. The lowest BCUT2D eigenvalue weighted by molar-refractivity contribution is -0.145. The van der Waals surface area contributed by atoms with Crippen molar-refractivity contribution < 1.29 is 22.7 Å². The number of alkyl halides is 3. The van der Waals surface area contributed by atoms with E-state index in [1.54, 1.807) is 12.1 Å². The minimum absolute atomic E-state index is 0.170. The molecule has 2 fully saturated rings. The zero-order valence-electron chi connectivity index (χ0n) is 20.8. The molecule has 0 spiro atoms. The average molecular weight is 530 g/mol. The normalized spacial score (nSPS) is 18.5. The van der Waals surface area contributed by atoms with Gasteiger partial charge in [-0.3, -0.25) is 9.69 Å². The Morgan fingerprint density at radius 3 is 2.47 bits per heavy atom. The van der Waals surface area contributed by atoms with Crippen molar-refractivity contribution in [1.29, 1.82) is 0 Å². The Balaban J connectivity index is 1.34. The van der Waals surface area contributed by atoms with Crippen LogP contribution in [0.5, 0.6) is 0 Å². The largest absolute Gasteiger partial charge is 0.451 e. The number of nitrogens with one attached hydrogen (secondary N) is 1. The third kappa shape index (κ3) is 5.87. The SMILES string of the molecule is NC1CCN(c2ccc3c(C(=O)NCC(c4cnc(C(F)(F)F)nc4)N4CCOCC4)cccc3n2)CC1. The number of aromatic nitrogens is 3. The summed E-state index contributed by atoms with van der Waals surface area (Å²) in [6.07, 6.45) is -0.435. The Morgan fingerprint density at radius 1 is 1.08 bits per heavy atom. The van der Waals surface area contributed by atoms with E-state index < -0.39 is 18.0 Å². The number of nitrogens with zero attached hydrogens (tertiary/aromatic N) is 5. The van der Waals surface area contributed by atoms with Gasteiger partial charge in [-0.15, -0.1) is 0 Å². The van der Waals surface area contributed by atoms with Gasteiger partial charge >= 0.3 is 6.18 Å². The van der Waals surface area contributed by atoms with Crippen molar-refractivity contribution in [1.82, 2.24) is 25.2 Å². The number of benzene rings is 1. The summed E-state index contributed by atoms with van der Waals surface area (Å²) in [6.45, 7) is 3.99. The number of carbonyl (C=O) groups excluding carboxylic acids is 1. The number of ether oxygens (including phenoxy) is 1. The molecular weight excluding hydrogens is 499 g/mol. The number of halogens is 3. The molecule has 1 atom stereocenters. The summed E-state index contributed by atoms with van der Waals surface area (Å²) in [5.41, 5.74) is 7.71. The van der Waals surface area contributed by atoms with Crippen LogP contribution in [0.15, 0.2) is 42.7 Å². The van der Waals surface area contributed by atoms with Gasteiger partial charge in [0.2, 0.25) is 5.82 Å². The third-order valence-corrected chi connectivity index (χ3v) is 7.08. The molecule has 0 radical (unpaired) electrons. The second kappa shape index (κ2) is 11.2. The first-order valence-corrected chi connectivity index (χ1v) is 12.7. The molecule has 4 heterocycles. The summed E-state index contributed by atoms with van der Waals surface area (Å²) in [6, 6.07) is 9.05. The van der Waals surface area contributed by atoms with Gasteiger partial charge in [0.05, 0.1) is 24.8 Å². The van der Waals surface area contributed by atoms with Gasteiger partial charge in [0.1, 0.15) is 5.82 Å². The van der Waals surface area contributed by atoms with E-state index in [1.807, 2.05) is 18.2 Å². The summed E-state index contributed by atoms with van der Waals surface area (Å²) in [7, 11) is 0. The molecule has 38 heavy (non-hydrogen) atoms. The number of nitrogens with two attached hydrogens (primary N) is 1. The predicted molar refractivity (Wildman–Crippen MR) is 136 cm³/mol. The number of hydrogen-bond acceptors (Lipinski definition) is 8. The Morgan fingerprint density at radius 2 is 1.79 bits per heavy atom. The Bertz CT molecular complexity index is 1260. The molecule has 9 nitrogen and oxygen atoms in total. The van der Waals surface area contributed by atoms with Gasteiger partial charge in [0.15, 0.2) is 0 Å². The molecule has 2 aliphatic rings. The molecular formula is C26H30F3N7O2. The zero-order chi connectivity index (χ0) is 26.7.